The molecule has 1 fully saturated rings. The molecule has 2 amide bonds. The third-order valence-electron chi connectivity index (χ3n) is 4.19. The lowest BCUT2D eigenvalue weighted by atomic mass is 9.93. The fourth-order valence-corrected chi connectivity index (χ4v) is 2.67. The minimum atomic E-state index is -0.461. The van der Waals surface area contributed by atoms with Crippen LogP contribution >= 0.6 is 12.4 Å². The molecular formula is C17H26ClN3O2. The molecule has 5 nitrogen and oxygen atoms in total. The first-order valence-corrected chi connectivity index (χ1v) is 7.94. The Kier molecular flexibility index (Phi) is 7.03. The molecule has 0 aliphatic carbocycles. The molecule has 1 aliphatic heterocycles. The number of rotatable bonds is 5. The van der Waals surface area contributed by atoms with Crippen molar-refractivity contribution in [2.45, 2.75) is 45.6 Å². The van der Waals surface area contributed by atoms with Crippen LogP contribution in [0.5, 0.6) is 0 Å². The van der Waals surface area contributed by atoms with Gasteiger partial charge in [0, 0.05) is 17.3 Å². The second kappa shape index (κ2) is 8.31. The maximum atomic E-state index is 12.5. The number of hydrogen-bond donors (Lipinski definition) is 3. The van der Waals surface area contributed by atoms with E-state index < -0.39 is 5.54 Å². The van der Waals surface area contributed by atoms with Crippen LogP contribution in [0.3, 0.4) is 0 Å². The molecule has 1 aliphatic rings. The molecule has 3 N–H and O–H groups in total. The van der Waals surface area contributed by atoms with Gasteiger partial charge in [0.2, 0.25) is 11.8 Å². The maximum Gasteiger partial charge on any atom is 0.244 e. The van der Waals surface area contributed by atoms with Crippen LogP contribution in [-0.2, 0) is 9.59 Å². The van der Waals surface area contributed by atoms with Crippen LogP contribution < -0.4 is 16.0 Å². The molecule has 1 saturated heterocycles. The number of nitrogens with one attached hydrogen (secondary N) is 3. The summed E-state index contributed by atoms with van der Waals surface area (Å²) in [7, 11) is 0. The fraction of sp³-hybridized carbons (Fsp3) is 0.529. The van der Waals surface area contributed by atoms with Gasteiger partial charge in [0.05, 0.1) is 5.54 Å². The Morgan fingerprint density at radius 2 is 1.91 bits per heavy atom. The van der Waals surface area contributed by atoms with Crippen molar-refractivity contribution >= 4 is 35.6 Å². The summed E-state index contributed by atoms with van der Waals surface area (Å²) in [6.07, 6.45) is 2.65. The van der Waals surface area contributed by atoms with Crippen molar-refractivity contribution in [2.75, 3.05) is 17.2 Å². The third kappa shape index (κ3) is 4.69. The van der Waals surface area contributed by atoms with Gasteiger partial charge in [0.1, 0.15) is 0 Å². The second-order valence-corrected chi connectivity index (χ2v) is 6.14. The van der Waals surface area contributed by atoms with E-state index in [1.165, 1.54) is 0 Å². The van der Waals surface area contributed by atoms with Gasteiger partial charge < -0.3 is 16.0 Å². The van der Waals surface area contributed by atoms with Crippen LogP contribution in [0.15, 0.2) is 24.3 Å². The van der Waals surface area contributed by atoms with E-state index in [0.29, 0.717) is 11.4 Å². The lowest BCUT2D eigenvalue weighted by Gasteiger charge is -2.26. The van der Waals surface area contributed by atoms with Crippen LogP contribution in [0, 0.1) is 5.92 Å². The van der Waals surface area contributed by atoms with Crippen molar-refractivity contribution in [1.29, 1.82) is 0 Å². The minimum Gasteiger partial charge on any atom is -0.326 e. The van der Waals surface area contributed by atoms with Crippen molar-refractivity contribution in [3.05, 3.63) is 24.3 Å². The Labute approximate surface area is 144 Å². The van der Waals surface area contributed by atoms with Crippen molar-refractivity contribution in [2.24, 2.45) is 5.92 Å². The topological polar surface area (TPSA) is 70.2 Å². The smallest absolute Gasteiger partial charge is 0.244 e. The summed E-state index contributed by atoms with van der Waals surface area (Å²) in [5.74, 6) is -0.116. The number of carbonyl (C=O) groups excluding carboxylic acids is 2. The van der Waals surface area contributed by atoms with Gasteiger partial charge in [-0.25, -0.2) is 0 Å². The van der Waals surface area contributed by atoms with E-state index in [1.54, 1.807) is 6.07 Å². The van der Waals surface area contributed by atoms with Crippen LogP contribution in [-0.4, -0.2) is 23.9 Å². The normalized spacial score (nSPS) is 20.0. The first-order chi connectivity index (χ1) is 10.5. The molecule has 0 aromatic heterocycles. The molecule has 2 rings (SSSR count). The van der Waals surface area contributed by atoms with E-state index in [9.17, 15) is 9.59 Å². The lowest BCUT2D eigenvalue weighted by Crippen LogP contribution is -2.50. The van der Waals surface area contributed by atoms with Crippen molar-refractivity contribution < 1.29 is 9.59 Å². The molecule has 0 radical (unpaired) electrons. The van der Waals surface area contributed by atoms with E-state index in [-0.39, 0.29) is 30.1 Å². The molecule has 1 heterocycles. The Morgan fingerprint density at radius 3 is 2.43 bits per heavy atom. The van der Waals surface area contributed by atoms with Crippen LogP contribution in [0.4, 0.5) is 11.4 Å². The van der Waals surface area contributed by atoms with Crippen molar-refractivity contribution in [1.82, 2.24) is 5.32 Å². The predicted molar refractivity (Wildman–Crippen MR) is 96.0 cm³/mol. The summed E-state index contributed by atoms with van der Waals surface area (Å²) in [5, 5.41) is 9.13. The summed E-state index contributed by atoms with van der Waals surface area (Å²) in [6.45, 7) is 6.60. The van der Waals surface area contributed by atoms with E-state index >= 15 is 0 Å². The highest BCUT2D eigenvalue weighted by atomic mass is 35.5. The predicted octanol–water partition coefficient (Wildman–Crippen LogP) is 3.17. The molecule has 128 valence electrons. The zero-order valence-electron chi connectivity index (χ0n) is 13.9. The second-order valence-electron chi connectivity index (χ2n) is 6.14. The first-order valence-electron chi connectivity index (χ1n) is 7.94. The Bertz CT molecular complexity index is 555. The van der Waals surface area contributed by atoms with Gasteiger partial charge in [0.25, 0.3) is 0 Å². The Morgan fingerprint density at radius 1 is 1.26 bits per heavy atom. The number of halogens is 1. The van der Waals surface area contributed by atoms with Crippen molar-refractivity contribution in [3.8, 4) is 0 Å². The van der Waals surface area contributed by atoms with E-state index in [1.807, 2.05) is 39.0 Å². The molecule has 1 unspecified atom stereocenters. The highest BCUT2D eigenvalue weighted by Crippen LogP contribution is 2.25. The maximum absolute atomic E-state index is 12.5. The van der Waals surface area contributed by atoms with Crippen LogP contribution in [0.1, 0.15) is 40.0 Å². The summed E-state index contributed by atoms with van der Waals surface area (Å²) in [4.78, 5) is 24.3. The highest BCUT2D eigenvalue weighted by molar-refractivity contribution is 5.99. The largest absolute Gasteiger partial charge is 0.326 e. The lowest BCUT2D eigenvalue weighted by molar-refractivity contribution is -0.122. The van der Waals surface area contributed by atoms with Gasteiger partial charge in [-0.15, -0.1) is 12.4 Å². The van der Waals surface area contributed by atoms with Gasteiger partial charge in [0.15, 0.2) is 0 Å². The molecule has 1 atom stereocenters. The molecule has 0 bridgehead atoms. The fourth-order valence-electron chi connectivity index (χ4n) is 2.67. The molecule has 1 aromatic carbocycles. The zero-order valence-corrected chi connectivity index (χ0v) is 14.8. The molecule has 6 heteroatoms. The summed E-state index contributed by atoms with van der Waals surface area (Å²) in [5.41, 5.74) is 0.937. The number of benzene rings is 1. The zero-order chi connectivity index (χ0) is 16.2. The standard InChI is InChI=1S/C17H25N3O2.ClH/c1-4-17(9-6-10-18-17)16(22)20-14-8-5-7-13(11-14)19-15(21)12(2)3;/h5,7-8,11-12,18H,4,6,9-10H2,1-3H3,(H,19,21)(H,20,22);1H. The summed E-state index contributed by atoms with van der Waals surface area (Å²) in [6, 6.07) is 7.27. The molecular weight excluding hydrogens is 314 g/mol. The van der Waals surface area contributed by atoms with Crippen LogP contribution in [0.2, 0.25) is 0 Å². The van der Waals surface area contributed by atoms with E-state index in [0.717, 1.165) is 25.8 Å². The first kappa shape index (κ1) is 19.5. The van der Waals surface area contributed by atoms with Crippen molar-refractivity contribution in [3.63, 3.8) is 0 Å². The van der Waals surface area contributed by atoms with E-state index in [4.69, 9.17) is 0 Å². The van der Waals surface area contributed by atoms with Gasteiger partial charge in [-0.1, -0.05) is 26.8 Å². The molecule has 23 heavy (non-hydrogen) atoms. The quantitative estimate of drug-likeness (QED) is 0.771. The number of hydrogen-bond acceptors (Lipinski definition) is 3. The Balaban J connectivity index is 0.00000264. The van der Waals surface area contributed by atoms with Gasteiger partial charge in [-0.3, -0.25) is 9.59 Å². The van der Waals surface area contributed by atoms with E-state index in [2.05, 4.69) is 16.0 Å². The minimum absolute atomic E-state index is 0. The van der Waals surface area contributed by atoms with Crippen LogP contribution in [0.25, 0.3) is 0 Å². The van der Waals surface area contributed by atoms with Gasteiger partial charge in [-0.05, 0) is 44.0 Å². The number of anilines is 2. The monoisotopic (exact) mass is 339 g/mol. The molecule has 0 spiro atoms. The summed E-state index contributed by atoms with van der Waals surface area (Å²) >= 11 is 0. The number of amides is 2. The summed E-state index contributed by atoms with van der Waals surface area (Å²) < 4.78 is 0. The third-order valence-corrected chi connectivity index (χ3v) is 4.19. The Hall–Kier alpha value is -1.59. The van der Waals surface area contributed by atoms with Gasteiger partial charge in [-0.2, -0.15) is 0 Å². The molecule has 0 saturated carbocycles. The average Bonchev–Trinajstić information content (AvgIpc) is 2.97. The average molecular weight is 340 g/mol. The number of carbonyl (C=O) groups is 2. The SMILES string of the molecule is CCC1(C(=O)Nc2cccc(NC(=O)C(C)C)c2)CCCN1.Cl. The highest BCUT2D eigenvalue weighted by Gasteiger charge is 2.39. The van der Waals surface area contributed by atoms with Gasteiger partial charge >= 0.3 is 0 Å². The molecule has 1 aromatic rings.